The van der Waals surface area contributed by atoms with Crippen LogP contribution in [0.5, 0.6) is 0 Å². The third-order valence-electron chi connectivity index (χ3n) is 7.06. The summed E-state index contributed by atoms with van der Waals surface area (Å²) in [5, 5.41) is 13.6. The molecule has 1 saturated heterocycles. The third kappa shape index (κ3) is 6.70. The fourth-order valence-electron chi connectivity index (χ4n) is 4.86. The monoisotopic (exact) mass is 519 g/mol. The first-order chi connectivity index (χ1) is 17.8. The standard InChI is InChI=1S/C30H34ClN3O3/c1-3-22-19-24(23-11-13-26(31)14-12-23)9-10-25(22)20-30(2,29(36)37)32-28(35)21-33-15-17-34(18-16-33)27-7-5-4-6-8-27/h4-14,19H,3,15-18,20-21H2,1-2H3,(H,32,35)(H,36,37). The van der Waals surface area contributed by atoms with Gasteiger partial charge in [-0.3, -0.25) is 9.69 Å². The summed E-state index contributed by atoms with van der Waals surface area (Å²) >= 11 is 6.02. The molecule has 1 heterocycles. The number of carboxylic acids is 1. The Labute approximate surface area is 223 Å². The summed E-state index contributed by atoms with van der Waals surface area (Å²) in [4.78, 5) is 29.7. The molecule has 2 N–H and O–H groups in total. The van der Waals surface area contributed by atoms with Crippen LogP contribution in [0.1, 0.15) is 25.0 Å². The van der Waals surface area contributed by atoms with Gasteiger partial charge >= 0.3 is 5.97 Å². The van der Waals surface area contributed by atoms with E-state index in [1.165, 1.54) is 5.69 Å². The topological polar surface area (TPSA) is 72.9 Å². The number of nitrogens with zero attached hydrogens (tertiary/aromatic N) is 2. The second-order valence-electron chi connectivity index (χ2n) is 9.80. The van der Waals surface area contributed by atoms with Crippen LogP contribution in [0.25, 0.3) is 11.1 Å². The predicted octanol–water partition coefficient (Wildman–Crippen LogP) is 4.89. The number of para-hydroxylation sites is 1. The smallest absolute Gasteiger partial charge is 0.329 e. The molecule has 1 fully saturated rings. The molecule has 1 aliphatic rings. The van der Waals surface area contributed by atoms with Gasteiger partial charge in [0.1, 0.15) is 5.54 Å². The minimum Gasteiger partial charge on any atom is -0.480 e. The molecule has 1 amide bonds. The maximum absolute atomic E-state index is 13.0. The van der Waals surface area contributed by atoms with Crippen molar-refractivity contribution >= 4 is 29.2 Å². The first-order valence-corrected chi connectivity index (χ1v) is 13.1. The van der Waals surface area contributed by atoms with Crippen LogP contribution in [0.2, 0.25) is 5.02 Å². The van der Waals surface area contributed by atoms with E-state index < -0.39 is 11.5 Å². The zero-order valence-corrected chi connectivity index (χ0v) is 22.2. The molecule has 0 bridgehead atoms. The zero-order chi connectivity index (χ0) is 26.4. The molecular weight excluding hydrogens is 486 g/mol. The normalized spacial score (nSPS) is 15.7. The molecule has 0 aromatic heterocycles. The highest BCUT2D eigenvalue weighted by Gasteiger charge is 2.36. The Hall–Kier alpha value is -3.35. The van der Waals surface area contributed by atoms with Gasteiger partial charge < -0.3 is 15.3 Å². The van der Waals surface area contributed by atoms with E-state index >= 15 is 0 Å². The van der Waals surface area contributed by atoms with Crippen LogP contribution in [0, 0.1) is 0 Å². The number of halogens is 1. The number of rotatable bonds is 9. The van der Waals surface area contributed by atoms with Gasteiger partial charge in [-0.2, -0.15) is 0 Å². The summed E-state index contributed by atoms with van der Waals surface area (Å²) in [5.41, 5.74) is 3.85. The van der Waals surface area contributed by atoms with E-state index in [2.05, 4.69) is 40.2 Å². The lowest BCUT2D eigenvalue weighted by atomic mass is 9.88. The van der Waals surface area contributed by atoms with Gasteiger partial charge in [0.15, 0.2) is 0 Å². The number of nitrogens with one attached hydrogen (secondary N) is 1. The second kappa shape index (κ2) is 11.8. The van der Waals surface area contributed by atoms with Crippen molar-refractivity contribution in [2.75, 3.05) is 37.6 Å². The summed E-state index contributed by atoms with van der Waals surface area (Å²) in [6.45, 7) is 6.97. The average Bonchev–Trinajstić information content (AvgIpc) is 2.90. The minimum atomic E-state index is -1.41. The van der Waals surface area contributed by atoms with E-state index in [9.17, 15) is 14.7 Å². The SMILES string of the molecule is CCc1cc(-c2ccc(Cl)cc2)ccc1CC(C)(NC(=O)CN1CCN(c2ccccc2)CC1)C(=O)O. The van der Waals surface area contributed by atoms with Crippen LogP contribution in [0.3, 0.4) is 0 Å². The highest BCUT2D eigenvalue weighted by atomic mass is 35.5. The Bertz CT molecular complexity index is 1220. The van der Waals surface area contributed by atoms with Crippen LogP contribution < -0.4 is 10.2 Å². The Balaban J connectivity index is 1.40. The molecule has 0 spiro atoms. The van der Waals surface area contributed by atoms with E-state index in [1.807, 2.05) is 54.6 Å². The molecule has 1 aliphatic heterocycles. The van der Waals surface area contributed by atoms with Gasteiger partial charge in [-0.1, -0.05) is 67.1 Å². The van der Waals surface area contributed by atoms with E-state index in [-0.39, 0.29) is 18.9 Å². The number of anilines is 1. The largest absolute Gasteiger partial charge is 0.480 e. The molecule has 3 aromatic rings. The molecule has 6 nitrogen and oxygen atoms in total. The fraction of sp³-hybridized carbons (Fsp3) is 0.333. The van der Waals surface area contributed by atoms with Crippen LogP contribution in [-0.2, 0) is 22.4 Å². The molecule has 0 aliphatic carbocycles. The predicted molar refractivity (Wildman–Crippen MR) is 149 cm³/mol. The highest BCUT2D eigenvalue weighted by Crippen LogP contribution is 2.27. The molecule has 7 heteroatoms. The number of hydrogen-bond acceptors (Lipinski definition) is 4. The van der Waals surface area contributed by atoms with Crippen molar-refractivity contribution in [2.24, 2.45) is 0 Å². The summed E-state index contributed by atoms with van der Waals surface area (Å²) in [5.74, 6) is -1.31. The lowest BCUT2D eigenvalue weighted by Crippen LogP contribution is -2.57. The number of carboxylic acid groups (broad SMARTS) is 1. The van der Waals surface area contributed by atoms with Gasteiger partial charge in [0.25, 0.3) is 0 Å². The molecule has 37 heavy (non-hydrogen) atoms. The van der Waals surface area contributed by atoms with Crippen molar-refractivity contribution in [1.82, 2.24) is 10.2 Å². The minimum absolute atomic E-state index is 0.182. The first-order valence-electron chi connectivity index (χ1n) is 12.7. The number of benzene rings is 3. The number of hydrogen-bond donors (Lipinski definition) is 2. The van der Waals surface area contributed by atoms with Gasteiger partial charge in [-0.05, 0) is 59.9 Å². The van der Waals surface area contributed by atoms with E-state index in [4.69, 9.17) is 11.6 Å². The number of piperazine rings is 1. The fourth-order valence-corrected chi connectivity index (χ4v) is 4.98. The second-order valence-corrected chi connectivity index (χ2v) is 10.2. The average molecular weight is 520 g/mol. The van der Waals surface area contributed by atoms with Gasteiger partial charge in [0.05, 0.1) is 6.54 Å². The maximum atomic E-state index is 13.0. The molecular formula is C30H34ClN3O3. The number of aryl methyl sites for hydroxylation is 1. The van der Waals surface area contributed by atoms with E-state index in [0.717, 1.165) is 54.9 Å². The van der Waals surface area contributed by atoms with Crippen molar-refractivity contribution in [2.45, 2.75) is 32.2 Å². The molecule has 4 rings (SSSR count). The summed E-state index contributed by atoms with van der Waals surface area (Å²) in [6, 6.07) is 23.9. The lowest BCUT2D eigenvalue weighted by molar-refractivity contribution is -0.147. The van der Waals surface area contributed by atoms with Crippen LogP contribution in [-0.4, -0.2) is 60.1 Å². The van der Waals surface area contributed by atoms with Crippen molar-refractivity contribution in [1.29, 1.82) is 0 Å². The van der Waals surface area contributed by atoms with Crippen LogP contribution >= 0.6 is 11.6 Å². The molecule has 1 unspecified atom stereocenters. The van der Waals surface area contributed by atoms with Crippen molar-refractivity contribution in [3.8, 4) is 11.1 Å². The van der Waals surface area contributed by atoms with Crippen molar-refractivity contribution in [3.63, 3.8) is 0 Å². The molecule has 3 aromatic carbocycles. The molecule has 0 radical (unpaired) electrons. The van der Waals surface area contributed by atoms with Gasteiger partial charge in [0.2, 0.25) is 5.91 Å². The van der Waals surface area contributed by atoms with Crippen LogP contribution in [0.15, 0.2) is 72.8 Å². The van der Waals surface area contributed by atoms with Crippen molar-refractivity contribution < 1.29 is 14.7 Å². The Morgan fingerprint density at radius 1 is 0.919 bits per heavy atom. The first kappa shape index (κ1) is 26.7. The molecule has 0 saturated carbocycles. The Morgan fingerprint density at radius 3 is 2.19 bits per heavy atom. The Morgan fingerprint density at radius 2 is 1.57 bits per heavy atom. The Kier molecular flexibility index (Phi) is 8.52. The van der Waals surface area contributed by atoms with Crippen LogP contribution in [0.4, 0.5) is 5.69 Å². The van der Waals surface area contributed by atoms with Crippen molar-refractivity contribution in [3.05, 3.63) is 88.9 Å². The quantitative estimate of drug-likeness (QED) is 0.421. The van der Waals surface area contributed by atoms with E-state index in [1.54, 1.807) is 6.92 Å². The third-order valence-corrected chi connectivity index (χ3v) is 7.31. The number of carbonyl (C=O) groups excluding carboxylic acids is 1. The summed E-state index contributed by atoms with van der Waals surface area (Å²) < 4.78 is 0. The zero-order valence-electron chi connectivity index (χ0n) is 21.4. The molecule has 194 valence electrons. The molecule has 1 atom stereocenters. The maximum Gasteiger partial charge on any atom is 0.329 e. The number of carbonyl (C=O) groups is 2. The number of aliphatic carboxylic acids is 1. The summed E-state index contributed by atoms with van der Waals surface area (Å²) in [7, 11) is 0. The van der Waals surface area contributed by atoms with Gasteiger partial charge in [-0.15, -0.1) is 0 Å². The highest BCUT2D eigenvalue weighted by molar-refractivity contribution is 6.30. The van der Waals surface area contributed by atoms with Gasteiger partial charge in [0, 0.05) is 43.3 Å². The lowest BCUT2D eigenvalue weighted by Gasteiger charge is -2.36. The number of amides is 1. The van der Waals surface area contributed by atoms with E-state index in [0.29, 0.717) is 5.02 Å². The summed E-state index contributed by atoms with van der Waals surface area (Å²) in [6.07, 6.45) is 0.964. The van der Waals surface area contributed by atoms with Gasteiger partial charge in [-0.25, -0.2) is 4.79 Å².